The molecule has 3 amide bonds. The molecule has 0 radical (unpaired) electrons. The maximum atomic E-state index is 12.3. The molecule has 0 saturated carbocycles. The van der Waals surface area contributed by atoms with Crippen LogP contribution in [-0.4, -0.2) is 26.0 Å². The Kier molecular flexibility index (Phi) is 5.20. The Balaban J connectivity index is 1.78. The molecule has 6 nitrogen and oxygen atoms in total. The molecule has 0 aliphatic rings. The number of anilines is 1. The zero-order valence-electron chi connectivity index (χ0n) is 12.8. The highest BCUT2D eigenvalue weighted by atomic mass is 79.9. The second-order valence-corrected chi connectivity index (χ2v) is 6.38. The fraction of sp³-hybridized carbons (Fsp3) is 0. The van der Waals surface area contributed by atoms with Crippen LogP contribution >= 0.6 is 28.7 Å². The summed E-state index contributed by atoms with van der Waals surface area (Å²) in [5.74, 6) is -0.510. The number of carbonyl (C=O) groups excluding carboxylic acids is 2. The van der Waals surface area contributed by atoms with Crippen LogP contribution in [0.3, 0.4) is 0 Å². The summed E-state index contributed by atoms with van der Waals surface area (Å²) in [5, 5.41) is 6.81. The monoisotopic (exact) mass is 416 g/mol. The number of amides is 3. The number of nitrogens with one attached hydrogen (secondary N) is 1. The number of hydrogen-bond donors (Lipinski definition) is 2. The molecule has 0 atom stereocenters. The lowest BCUT2D eigenvalue weighted by Gasteiger charge is -2.15. The topological polar surface area (TPSA) is 67.2 Å². The van der Waals surface area contributed by atoms with Crippen LogP contribution in [0.4, 0.5) is 10.5 Å². The van der Waals surface area contributed by atoms with Crippen molar-refractivity contribution in [2.45, 2.75) is 0 Å². The number of nitrogens with zero attached hydrogens (tertiary/aromatic N) is 3. The molecule has 0 fully saturated rings. The number of hydrogen-bond acceptors (Lipinski definition) is 4. The smallest absolute Gasteiger partial charge is 0.307 e. The molecule has 0 bridgehead atoms. The predicted octanol–water partition coefficient (Wildman–Crippen LogP) is 4.15. The summed E-state index contributed by atoms with van der Waals surface area (Å²) >= 11 is 7.41. The molecule has 8 heteroatoms. The van der Waals surface area contributed by atoms with Gasteiger partial charge in [0.1, 0.15) is 0 Å². The molecule has 25 heavy (non-hydrogen) atoms. The average Bonchev–Trinajstić information content (AvgIpc) is 3.15. The van der Waals surface area contributed by atoms with Gasteiger partial charge in [-0.05, 0) is 36.4 Å². The summed E-state index contributed by atoms with van der Waals surface area (Å²) in [5.41, 5.74) is 1.64. The van der Waals surface area contributed by atoms with Gasteiger partial charge in [0, 0.05) is 28.1 Å². The van der Waals surface area contributed by atoms with Crippen LogP contribution in [-0.2, 0) is 0 Å². The summed E-state index contributed by atoms with van der Waals surface area (Å²) in [7, 11) is 0. The van der Waals surface area contributed by atoms with Gasteiger partial charge in [0.15, 0.2) is 0 Å². The second-order valence-electron chi connectivity index (χ2n) is 5.06. The van der Waals surface area contributed by atoms with E-state index in [1.807, 2.05) is 6.07 Å². The number of rotatable bonds is 3. The minimum absolute atomic E-state index is 0.374. The average molecular weight is 417 g/mol. The summed E-state index contributed by atoms with van der Waals surface area (Å²) in [6.07, 6.45) is 3.45. The minimum Gasteiger partial charge on any atom is -0.307 e. The molecular formula is C17H13BrN4O2S. The van der Waals surface area contributed by atoms with Crippen LogP contribution in [0.1, 0.15) is 10.4 Å². The lowest BCUT2D eigenvalue weighted by atomic mass is 10.2. The largest absolute Gasteiger partial charge is 0.338 e. The number of aromatic nitrogens is 2. The van der Waals surface area contributed by atoms with Gasteiger partial charge in [0.25, 0.3) is 5.91 Å². The van der Waals surface area contributed by atoms with Gasteiger partial charge in [-0.3, -0.25) is 4.79 Å². The zero-order chi connectivity index (χ0) is 17.8. The molecule has 0 aliphatic heterocycles. The van der Waals surface area contributed by atoms with Gasteiger partial charge >= 0.3 is 6.03 Å². The Hall–Kier alpha value is -2.58. The normalized spacial score (nSPS) is 10.3. The van der Waals surface area contributed by atoms with E-state index in [1.54, 1.807) is 65.6 Å². The molecule has 3 aromatic rings. The van der Waals surface area contributed by atoms with Gasteiger partial charge in [-0.1, -0.05) is 46.9 Å². The molecule has 0 saturated heterocycles. The molecule has 1 N–H and O–H groups in total. The summed E-state index contributed by atoms with van der Waals surface area (Å²) in [6, 6.07) is 14.9. The Labute approximate surface area is 158 Å². The van der Waals surface area contributed by atoms with Crippen molar-refractivity contribution >= 4 is 46.4 Å². The molecule has 2 aromatic carbocycles. The van der Waals surface area contributed by atoms with Crippen molar-refractivity contribution in [1.29, 1.82) is 0 Å². The van der Waals surface area contributed by atoms with E-state index in [0.717, 1.165) is 14.5 Å². The standard InChI is InChI=1S/C17H13BrN4O2S/c18-13-9-14(11-15(10-13)21-8-4-7-19-21)20-17(24)22(25)16(23)12-5-2-1-3-6-12/h1-11,25H,(H,20,24). The van der Waals surface area contributed by atoms with E-state index in [9.17, 15) is 9.59 Å². The van der Waals surface area contributed by atoms with Gasteiger partial charge in [-0.25, -0.2) is 13.8 Å². The quantitative estimate of drug-likeness (QED) is 0.630. The van der Waals surface area contributed by atoms with Crippen molar-refractivity contribution in [2.24, 2.45) is 0 Å². The minimum atomic E-state index is -0.651. The highest BCUT2D eigenvalue weighted by Crippen LogP contribution is 2.22. The zero-order valence-corrected chi connectivity index (χ0v) is 15.3. The van der Waals surface area contributed by atoms with E-state index in [-0.39, 0.29) is 0 Å². The van der Waals surface area contributed by atoms with Crippen molar-refractivity contribution in [1.82, 2.24) is 14.1 Å². The van der Waals surface area contributed by atoms with Crippen molar-refractivity contribution in [2.75, 3.05) is 5.32 Å². The number of halogens is 1. The fourth-order valence-electron chi connectivity index (χ4n) is 2.17. The maximum Gasteiger partial charge on any atom is 0.338 e. The first-order chi connectivity index (χ1) is 12.0. The number of urea groups is 1. The van der Waals surface area contributed by atoms with E-state index in [0.29, 0.717) is 11.3 Å². The molecule has 126 valence electrons. The van der Waals surface area contributed by atoms with Gasteiger partial charge in [0.05, 0.1) is 5.69 Å². The van der Waals surface area contributed by atoms with Crippen LogP contribution in [0.25, 0.3) is 5.69 Å². The predicted molar refractivity (Wildman–Crippen MR) is 102 cm³/mol. The van der Waals surface area contributed by atoms with Gasteiger partial charge in [-0.2, -0.15) is 5.10 Å². The van der Waals surface area contributed by atoms with Crippen LogP contribution in [0, 0.1) is 0 Å². The second kappa shape index (κ2) is 7.54. The molecule has 0 aliphatic carbocycles. The highest BCUT2D eigenvalue weighted by molar-refractivity contribution is 9.10. The van der Waals surface area contributed by atoms with Crippen LogP contribution < -0.4 is 5.32 Å². The molecule has 0 unspecified atom stereocenters. The van der Waals surface area contributed by atoms with E-state index in [2.05, 4.69) is 39.2 Å². The number of thiol groups is 1. The van der Waals surface area contributed by atoms with Gasteiger partial charge < -0.3 is 5.32 Å². The van der Waals surface area contributed by atoms with Crippen LogP contribution in [0.2, 0.25) is 0 Å². The Morgan fingerprint density at radius 2 is 1.88 bits per heavy atom. The Bertz CT molecular complexity index is 900. The molecule has 1 aromatic heterocycles. The van der Waals surface area contributed by atoms with Crippen molar-refractivity contribution < 1.29 is 9.59 Å². The van der Waals surface area contributed by atoms with Crippen molar-refractivity contribution in [3.8, 4) is 5.69 Å². The third-order valence-corrected chi connectivity index (χ3v) is 4.13. The van der Waals surface area contributed by atoms with E-state index >= 15 is 0 Å². The third kappa shape index (κ3) is 4.09. The van der Waals surface area contributed by atoms with E-state index in [1.165, 1.54) is 0 Å². The first-order valence-electron chi connectivity index (χ1n) is 7.24. The summed E-state index contributed by atoms with van der Waals surface area (Å²) in [4.78, 5) is 24.6. The van der Waals surface area contributed by atoms with Crippen molar-refractivity contribution in [3.63, 3.8) is 0 Å². The van der Waals surface area contributed by atoms with Crippen LogP contribution in [0.5, 0.6) is 0 Å². The van der Waals surface area contributed by atoms with Crippen LogP contribution in [0.15, 0.2) is 71.5 Å². The first-order valence-corrected chi connectivity index (χ1v) is 8.44. The third-order valence-electron chi connectivity index (χ3n) is 3.31. The Morgan fingerprint density at radius 3 is 2.56 bits per heavy atom. The summed E-state index contributed by atoms with van der Waals surface area (Å²) in [6.45, 7) is 0. The number of imide groups is 1. The highest BCUT2D eigenvalue weighted by Gasteiger charge is 2.20. The molecule has 0 spiro atoms. The lowest BCUT2D eigenvalue weighted by Crippen LogP contribution is -2.32. The van der Waals surface area contributed by atoms with E-state index in [4.69, 9.17) is 0 Å². The van der Waals surface area contributed by atoms with E-state index < -0.39 is 11.9 Å². The SMILES string of the molecule is O=C(Nc1cc(Br)cc(-n2cccn2)c1)N(S)C(=O)c1ccccc1. The fourth-order valence-corrected chi connectivity index (χ4v) is 2.82. The molecular weight excluding hydrogens is 404 g/mol. The summed E-state index contributed by atoms with van der Waals surface area (Å²) < 4.78 is 3.16. The van der Waals surface area contributed by atoms with Gasteiger partial charge in [0.2, 0.25) is 0 Å². The number of carbonyl (C=O) groups is 2. The molecule has 1 heterocycles. The van der Waals surface area contributed by atoms with Crippen molar-refractivity contribution in [3.05, 3.63) is 77.0 Å². The molecule has 3 rings (SSSR count). The Morgan fingerprint density at radius 1 is 1.12 bits per heavy atom. The lowest BCUT2D eigenvalue weighted by molar-refractivity contribution is 0.0902. The maximum absolute atomic E-state index is 12.3. The van der Waals surface area contributed by atoms with Gasteiger partial charge in [-0.15, -0.1) is 0 Å². The number of benzene rings is 2. The first kappa shape index (κ1) is 17.2.